The van der Waals surface area contributed by atoms with Crippen molar-refractivity contribution in [3.8, 4) is 0 Å². The maximum absolute atomic E-state index is 4.44. The zero-order valence-corrected chi connectivity index (χ0v) is 11.0. The van der Waals surface area contributed by atoms with E-state index < -0.39 is 0 Å². The Labute approximate surface area is 99.5 Å². The molecule has 16 heavy (non-hydrogen) atoms. The Balaban J connectivity index is 2.61. The predicted molar refractivity (Wildman–Crippen MR) is 69.3 cm³/mol. The second-order valence-electron chi connectivity index (χ2n) is 5.46. The molecule has 1 atom stereocenters. The molecule has 0 aliphatic carbocycles. The minimum Gasteiger partial charge on any atom is -0.309 e. The van der Waals surface area contributed by atoms with Crippen molar-refractivity contribution in [3.05, 3.63) is 30.1 Å². The second-order valence-corrected chi connectivity index (χ2v) is 5.46. The molecule has 0 saturated heterocycles. The summed E-state index contributed by atoms with van der Waals surface area (Å²) in [7, 11) is 0. The maximum Gasteiger partial charge on any atom is 0.0573 e. The van der Waals surface area contributed by atoms with E-state index in [9.17, 15) is 0 Å². The highest BCUT2D eigenvalue weighted by Gasteiger charge is 2.16. The van der Waals surface area contributed by atoms with Crippen LogP contribution in [0.1, 0.15) is 52.3 Å². The van der Waals surface area contributed by atoms with Crippen LogP contribution in [0.5, 0.6) is 0 Å². The van der Waals surface area contributed by atoms with E-state index in [0.717, 1.165) is 18.7 Å². The molecule has 0 aliphatic heterocycles. The zero-order valence-electron chi connectivity index (χ0n) is 11.0. The van der Waals surface area contributed by atoms with Crippen LogP contribution in [0.4, 0.5) is 0 Å². The van der Waals surface area contributed by atoms with Crippen molar-refractivity contribution in [2.45, 2.75) is 46.6 Å². The number of nitrogens with zero attached hydrogens (tertiary/aromatic N) is 1. The third-order valence-electron chi connectivity index (χ3n) is 2.68. The van der Waals surface area contributed by atoms with Crippen molar-refractivity contribution in [2.24, 2.45) is 5.41 Å². The van der Waals surface area contributed by atoms with Gasteiger partial charge in [-0.2, -0.15) is 0 Å². The quantitative estimate of drug-likeness (QED) is 0.820. The fourth-order valence-electron chi connectivity index (χ4n) is 1.76. The molecule has 1 aromatic rings. The predicted octanol–water partition coefficient (Wildman–Crippen LogP) is 3.56. The van der Waals surface area contributed by atoms with Crippen LogP contribution in [0.2, 0.25) is 0 Å². The highest BCUT2D eigenvalue weighted by molar-refractivity contribution is 5.08. The Bertz CT molecular complexity index is 287. The molecule has 0 fully saturated rings. The van der Waals surface area contributed by atoms with E-state index in [0.29, 0.717) is 11.5 Å². The van der Waals surface area contributed by atoms with Crippen molar-refractivity contribution in [2.75, 3.05) is 6.54 Å². The van der Waals surface area contributed by atoms with Crippen molar-refractivity contribution in [3.63, 3.8) is 0 Å². The van der Waals surface area contributed by atoms with Gasteiger partial charge in [0.1, 0.15) is 0 Å². The van der Waals surface area contributed by atoms with Crippen molar-refractivity contribution in [1.82, 2.24) is 10.3 Å². The monoisotopic (exact) mass is 220 g/mol. The molecule has 0 bridgehead atoms. The first-order chi connectivity index (χ1) is 7.53. The van der Waals surface area contributed by atoms with Gasteiger partial charge in [0.2, 0.25) is 0 Å². The standard InChI is InChI=1S/C14H24N2/c1-5-15-13(9-10-14(2,3)4)12-8-6-7-11-16-12/h6-8,11,13,15H,5,9-10H2,1-4H3. The first-order valence-electron chi connectivity index (χ1n) is 6.17. The van der Waals surface area contributed by atoms with Gasteiger partial charge < -0.3 is 5.32 Å². The second kappa shape index (κ2) is 6.00. The van der Waals surface area contributed by atoms with Crippen LogP contribution in [0.25, 0.3) is 0 Å². The van der Waals surface area contributed by atoms with E-state index >= 15 is 0 Å². The van der Waals surface area contributed by atoms with Gasteiger partial charge in [-0.25, -0.2) is 0 Å². The Hall–Kier alpha value is -0.890. The third-order valence-corrected chi connectivity index (χ3v) is 2.68. The summed E-state index contributed by atoms with van der Waals surface area (Å²) in [6, 6.07) is 6.53. The summed E-state index contributed by atoms with van der Waals surface area (Å²) in [6.45, 7) is 10.00. The lowest BCUT2D eigenvalue weighted by Gasteiger charge is -2.23. The summed E-state index contributed by atoms with van der Waals surface area (Å²) in [4.78, 5) is 4.44. The molecule has 1 unspecified atom stereocenters. The number of aromatic nitrogens is 1. The molecular weight excluding hydrogens is 196 g/mol. The number of hydrogen-bond donors (Lipinski definition) is 1. The number of nitrogens with one attached hydrogen (secondary N) is 1. The van der Waals surface area contributed by atoms with Crippen LogP contribution >= 0.6 is 0 Å². The van der Waals surface area contributed by atoms with Gasteiger partial charge in [-0.3, -0.25) is 4.98 Å². The first-order valence-corrected chi connectivity index (χ1v) is 6.17. The Morgan fingerprint density at radius 3 is 2.56 bits per heavy atom. The molecule has 2 nitrogen and oxygen atoms in total. The molecule has 1 aromatic heterocycles. The molecule has 0 radical (unpaired) electrons. The number of pyridine rings is 1. The first kappa shape index (κ1) is 13.2. The number of rotatable bonds is 5. The lowest BCUT2D eigenvalue weighted by atomic mass is 9.88. The molecule has 0 amide bonds. The van der Waals surface area contributed by atoms with Crippen molar-refractivity contribution < 1.29 is 0 Å². The largest absolute Gasteiger partial charge is 0.309 e. The summed E-state index contributed by atoms with van der Waals surface area (Å²) in [5.41, 5.74) is 1.55. The van der Waals surface area contributed by atoms with Gasteiger partial charge in [0.15, 0.2) is 0 Å². The highest BCUT2D eigenvalue weighted by atomic mass is 14.9. The fourth-order valence-corrected chi connectivity index (χ4v) is 1.76. The Morgan fingerprint density at radius 1 is 1.31 bits per heavy atom. The summed E-state index contributed by atoms with van der Waals surface area (Å²) in [5.74, 6) is 0. The lowest BCUT2D eigenvalue weighted by Crippen LogP contribution is -2.23. The fraction of sp³-hybridized carbons (Fsp3) is 0.643. The van der Waals surface area contributed by atoms with Crippen LogP contribution in [-0.4, -0.2) is 11.5 Å². The summed E-state index contributed by atoms with van der Waals surface area (Å²) < 4.78 is 0. The summed E-state index contributed by atoms with van der Waals surface area (Å²) >= 11 is 0. The van der Waals surface area contributed by atoms with E-state index in [2.05, 4.69) is 50.1 Å². The van der Waals surface area contributed by atoms with Gasteiger partial charge in [0, 0.05) is 12.2 Å². The molecule has 0 aliphatic rings. The van der Waals surface area contributed by atoms with E-state index in [-0.39, 0.29) is 0 Å². The normalized spacial score (nSPS) is 13.8. The van der Waals surface area contributed by atoms with E-state index in [1.165, 1.54) is 6.42 Å². The Morgan fingerprint density at radius 2 is 2.06 bits per heavy atom. The SMILES string of the molecule is CCNC(CCC(C)(C)C)c1ccccn1. The molecule has 2 heteroatoms. The van der Waals surface area contributed by atoms with Crippen LogP contribution in [0, 0.1) is 5.41 Å². The maximum atomic E-state index is 4.44. The molecule has 90 valence electrons. The summed E-state index contributed by atoms with van der Waals surface area (Å²) in [6.07, 6.45) is 4.23. The number of hydrogen-bond acceptors (Lipinski definition) is 2. The molecule has 0 aromatic carbocycles. The van der Waals surface area contributed by atoms with Crippen LogP contribution in [0.3, 0.4) is 0 Å². The van der Waals surface area contributed by atoms with E-state index in [1.54, 1.807) is 0 Å². The van der Waals surface area contributed by atoms with Gasteiger partial charge in [0.05, 0.1) is 5.69 Å². The molecule has 1 rings (SSSR count). The average Bonchev–Trinajstić information content (AvgIpc) is 2.24. The minimum atomic E-state index is 0.391. The van der Waals surface area contributed by atoms with E-state index in [4.69, 9.17) is 0 Å². The third kappa shape index (κ3) is 4.75. The topological polar surface area (TPSA) is 24.9 Å². The van der Waals surface area contributed by atoms with Crippen molar-refractivity contribution in [1.29, 1.82) is 0 Å². The molecule has 0 spiro atoms. The van der Waals surface area contributed by atoms with Crippen LogP contribution in [0.15, 0.2) is 24.4 Å². The molecule has 0 saturated carbocycles. The van der Waals surface area contributed by atoms with Gasteiger partial charge >= 0.3 is 0 Å². The highest BCUT2D eigenvalue weighted by Crippen LogP contribution is 2.26. The lowest BCUT2D eigenvalue weighted by molar-refractivity contribution is 0.331. The van der Waals surface area contributed by atoms with Gasteiger partial charge in [0.25, 0.3) is 0 Å². The average molecular weight is 220 g/mol. The van der Waals surface area contributed by atoms with Crippen LogP contribution in [-0.2, 0) is 0 Å². The Kier molecular flexibility index (Phi) is 4.94. The van der Waals surface area contributed by atoms with Gasteiger partial charge in [-0.1, -0.05) is 33.8 Å². The molecule has 1 heterocycles. The van der Waals surface area contributed by atoms with Gasteiger partial charge in [-0.05, 0) is 36.9 Å². The van der Waals surface area contributed by atoms with E-state index in [1.807, 2.05) is 12.3 Å². The minimum absolute atomic E-state index is 0.391. The van der Waals surface area contributed by atoms with Crippen LogP contribution < -0.4 is 5.32 Å². The van der Waals surface area contributed by atoms with Crippen molar-refractivity contribution >= 4 is 0 Å². The summed E-state index contributed by atoms with van der Waals surface area (Å²) in [5, 5.41) is 3.51. The molecular formula is C14H24N2. The zero-order chi connectivity index (χ0) is 12.0. The van der Waals surface area contributed by atoms with Gasteiger partial charge in [-0.15, -0.1) is 0 Å². The smallest absolute Gasteiger partial charge is 0.0573 e. The molecule has 1 N–H and O–H groups in total.